The van der Waals surface area contributed by atoms with Gasteiger partial charge in [0.2, 0.25) is 10.0 Å². The highest BCUT2D eigenvalue weighted by atomic mass is 32.2. The number of rotatable bonds is 7. The third-order valence-electron chi connectivity index (χ3n) is 2.92. The largest absolute Gasteiger partial charge is 0.385 e. The molecule has 1 aliphatic carbocycles. The molecule has 1 aromatic carbocycles. The van der Waals surface area contributed by atoms with Crippen molar-refractivity contribution in [3.05, 3.63) is 28.3 Å². The molecule has 0 radical (unpaired) electrons. The molecule has 0 saturated heterocycles. The SMILES string of the molecule is CCCNc1ccc(S(=O)(=O)NC2CC2)c([N+](=O)[O-])c1. The third-order valence-corrected chi connectivity index (χ3v) is 4.49. The molecule has 2 rings (SSSR count). The fourth-order valence-electron chi connectivity index (χ4n) is 1.75. The number of nitro benzene ring substituents is 1. The zero-order chi connectivity index (χ0) is 14.8. The number of nitrogens with one attached hydrogen (secondary N) is 2. The molecule has 110 valence electrons. The monoisotopic (exact) mass is 299 g/mol. The topological polar surface area (TPSA) is 101 Å². The van der Waals surface area contributed by atoms with Crippen molar-refractivity contribution in [2.75, 3.05) is 11.9 Å². The van der Waals surface area contributed by atoms with Crippen molar-refractivity contribution in [2.24, 2.45) is 0 Å². The molecule has 0 bridgehead atoms. The highest BCUT2D eigenvalue weighted by molar-refractivity contribution is 7.89. The van der Waals surface area contributed by atoms with E-state index in [0.717, 1.165) is 19.3 Å². The fourth-order valence-corrected chi connectivity index (χ4v) is 3.21. The Hall–Kier alpha value is -1.67. The zero-order valence-corrected chi connectivity index (χ0v) is 11.9. The van der Waals surface area contributed by atoms with Gasteiger partial charge in [-0.3, -0.25) is 10.1 Å². The molecule has 2 N–H and O–H groups in total. The smallest absolute Gasteiger partial charge is 0.291 e. The second-order valence-corrected chi connectivity index (χ2v) is 6.44. The summed E-state index contributed by atoms with van der Waals surface area (Å²) in [5.41, 5.74) is 0.142. The predicted octanol–water partition coefficient (Wildman–Crippen LogP) is 1.86. The molecule has 1 aliphatic rings. The minimum atomic E-state index is -3.83. The molecular formula is C12H17N3O4S. The van der Waals surface area contributed by atoms with Crippen LogP contribution in [0.4, 0.5) is 11.4 Å². The molecule has 0 amide bonds. The van der Waals surface area contributed by atoms with Gasteiger partial charge in [0.05, 0.1) is 4.92 Å². The van der Waals surface area contributed by atoms with E-state index in [-0.39, 0.29) is 10.9 Å². The van der Waals surface area contributed by atoms with Crippen LogP contribution in [0.1, 0.15) is 26.2 Å². The normalized spacial score (nSPS) is 15.1. The summed E-state index contributed by atoms with van der Waals surface area (Å²) in [6.45, 7) is 2.64. The first-order valence-corrected chi connectivity index (χ1v) is 7.97. The van der Waals surface area contributed by atoms with Crippen molar-refractivity contribution in [3.8, 4) is 0 Å². The molecule has 1 aromatic rings. The average Bonchev–Trinajstić information content (AvgIpc) is 3.19. The molecule has 8 heteroatoms. The summed E-state index contributed by atoms with van der Waals surface area (Å²) in [4.78, 5) is 10.1. The first-order chi connectivity index (χ1) is 9.44. The van der Waals surface area contributed by atoms with E-state index >= 15 is 0 Å². The Morgan fingerprint density at radius 1 is 1.40 bits per heavy atom. The molecule has 0 aliphatic heterocycles. The van der Waals surface area contributed by atoms with Crippen LogP contribution in [0.2, 0.25) is 0 Å². The van der Waals surface area contributed by atoms with Crippen molar-refractivity contribution in [3.63, 3.8) is 0 Å². The van der Waals surface area contributed by atoms with Crippen LogP contribution in [0.15, 0.2) is 23.1 Å². The van der Waals surface area contributed by atoms with Crippen LogP contribution in [-0.4, -0.2) is 25.9 Å². The average molecular weight is 299 g/mol. The summed E-state index contributed by atoms with van der Waals surface area (Å²) in [6, 6.07) is 4.00. The van der Waals surface area contributed by atoms with Crippen LogP contribution in [0, 0.1) is 10.1 Å². The maximum Gasteiger partial charge on any atom is 0.291 e. The van der Waals surface area contributed by atoms with E-state index in [9.17, 15) is 18.5 Å². The van der Waals surface area contributed by atoms with E-state index in [1.165, 1.54) is 12.1 Å². The molecule has 1 saturated carbocycles. The molecule has 0 aromatic heterocycles. The van der Waals surface area contributed by atoms with Gasteiger partial charge in [-0.25, -0.2) is 13.1 Å². The van der Waals surface area contributed by atoms with Gasteiger partial charge in [0.15, 0.2) is 4.90 Å². The van der Waals surface area contributed by atoms with E-state index in [4.69, 9.17) is 0 Å². The van der Waals surface area contributed by atoms with Crippen LogP contribution in [0.3, 0.4) is 0 Å². The van der Waals surface area contributed by atoms with E-state index in [1.54, 1.807) is 6.07 Å². The number of benzene rings is 1. The van der Waals surface area contributed by atoms with Crippen LogP contribution >= 0.6 is 0 Å². The van der Waals surface area contributed by atoms with Crippen LogP contribution in [-0.2, 0) is 10.0 Å². The Morgan fingerprint density at radius 3 is 2.65 bits per heavy atom. The second kappa shape index (κ2) is 5.76. The quantitative estimate of drug-likeness (QED) is 0.591. The van der Waals surface area contributed by atoms with Crippen molar-refractivity contribution < 1.29 is 13.3 Å². The molecule has 7 nitrogen and oxygen atoms in total. The number of anilines is 1. The summed E-state index contributed by atoms with van der Waals surface area (Å²) in [5.74, 6) is 0. The summed E-state index contributed by atoms with van der Waals surface area (Å²) < 4.78 is 26.6. The standard InChI is InChI=1S/C12H17N3O4S/c1-2-7-13-10-5-6-12(11(8-10)15(16)17)20(18,19)14-9-3-4-9/h5-6,8-9,13-14H,2-4,7H2,1H3. The lowest BCUT2D eigenvalue weighted by Gasteiger charge is -2.09. The van der Waals surface area contributed by atoms with Gasteiger partial charge in [-0.1, -0.05) is 6.92 Å². The van der Waals surface area contributed by atoms with Gasteiger partial charge < -0.3 is 5.32 Å². The van der Waals surface area contributed by atoms with Gasteiger partial charge in [0, 0.05) is 24.3 Å². The van der Waals surface area contributed by atoms with E-state index in [0.29, 0.717) is 12.2 Å². The van der Waals surface area contributed by atoms with Crippen molar-refractivity contribution >= 4 is 21.4 Å². The first kappa shape index (κ1) is 14.7. The second-order valence-electron chi connectivity index (χ2n) is 4.76. The molecular weight excluding hydrogens is 282 g/mol. The van der Waals surface area contributed by atoms with Crippen LogP contribution in [0.5, 0.6) is 0 Å². The minimum Gasteiger partial charge on any atom is -0.385 e. The summed E-state index contributed by atoms with van der Waals surface area (Å²) in [7, 11) is -3.83. The van der Waals surface area contributed by atoms with Crippen LogP contribution in [0.25, 0.3) is 0 Å². The van der Waals surface area contributed by atoms with E-state index < -0.39 is 20.6 Å². The van der Waals surface area contributed by atoms with E-state index in [2.05, 4.69) is 10.0 Å². The van der Waals surface area contributed by atoms with Crippen molar-refractivity contribution in [1.82, 2.24) is 4.72 Å². The van der Waals surface area contributed by atoms with Crippen LogP contribution < -0.4 is 10.0 Å². The predicted molar refractivity (Wildman–Crippen MR) is 75.2 cm³/mol. The molecule has 1 fully saturated rings. The molecule has 0 unspecified atom stereocenters. The number of hydrogen-bond acceptors (Lipinski definition) is 5. The number of nitro groups is 1. The number of hydrogen-bond donors (Lipinski definition) is 2. The number of sulfonamides is 1. The minimum absolute atomic E-state index is 0.0857. The van der Waals surface area contributed by atoms with Gasteiger partial charge >= 0.3 is 0 Å². The Kier molecular flexibility index (Phi) is 4.24. The lowest BCUT2D eigenvalue weighted by atomic mass is 10.2. The highest BCUT2D eigenvalue weighted by Gasteiger charge is 2.32. The van der Waals surface area contributed by atoms with E-state index in [1.807, 2.05) is 6.92 Å². The molecule has 0 heterocycles. The van der Waals surface area contributed by atoms with Gasteiger partial charge in [-0.2, -0.15) is 0 Å². The van der Waals surface area contributed by atoms with Gasteiger partial charge in [0.25, 0.3) is 5.69 Å². The molecule has 0 spiro atoms. The highest BCUT2D eigenvalue weighted by Crippen LogP contribution is 2.29. The Balaban J connectivity index is 2.34. The maximum atomic E-state index is 12.1. The zero-order valence-electron chi connectivity index (χ0n) is 11.1. The van der Waals surface area contributed by atoms with Crippen molar-refractivity contribution in [2.45, 2.75) is 37.1 Å². The maximum absolute atomic E-state index is 12.1. The fraction of sp³-hybridized carbons (Fsp3) is 0.500. The van der Waals surface area contributed by atoms with Gasteiger partial charge in [0.1, 0.15) is 0 Å². The first-order valence-electron chi connectivity index (χ1n) is 6.48. The van der Waals surface area contributed by atoms with Crippen molar-refractivity contribution in [1.29, 1.82) is 0 Å². The Morgan fingerprint density at radius 2 is 2.10 bits per heavy atom. The Bertz CT molecular complexity index is 611. The Labute approximate surface area is 117 Å². The lowest BCUT2D eigenvalue weighted by molar-refractivity contribution is -0.387. The number of nitrogens with zero attached hydrogens (tertiary/aromatic N) is 1. The van der Waals surface area contributed by atoms with Gasteiger partial charge in [-0.05, 0) is 31.4 Å². The summed E-state index contributed by atoms with van der Waals surface area (Å²) in [5, 5.41) is 14.1. The summed E-state index contributed by atoms with van der Waals surface area (Å²) >= 11 is 0. The van der Waals surface area contributed by atoms with Gasteiger partial charge in [-0.15, -0.1) is 0 Å². The third kappa shape index (κ3) is 3.45. The molecule has 0 atom stereocenters. The molecule has 20 heavy (non-hydrogen) atoms. The lowest BCUT2D eigenvalue weighted by Crippen LogP contribution is -2.26. The summed E-state index contributed by atoms with van der Waals surface area (Å²) in [6.07, 6.45) is 2.43.